The second-order valence-corrected chi connectivity index (χ2v) is 3.65. The Hall–Kier alpha value is -1.11. The molecule has 17 heavy (non-hydrogen) atoms. The van der Waals surface area contributed by atoms with Crippen molar-refractivity contribution in [2.75, 3.05) is 45.4 Å². The van der Waals surface area contributed by atoms with Gasteiger partial charge in [-0.1, -0.05) is 0 Å². The molecule has 98 valence electrons. The first kappa shape index (κ1) is 14.0. The molecule has 0 aliphatic carbocycles. The van der Waals surface area contributed by atoms with E-state index in [4.69, 9.17) is 19.6 Å². The van der Waals surface area contributed by atoms with E-state index in [1.807, 2.05) is 4.90 Å². The van der Waals surface area contributed by atoms with Crippen LogP contribution in [0, 0.1) is 0 Å². The van der Waals surface area contributed by atoms with Crippen LogP contribution in [-0.2, 0) is 16.0 Å². The fraction of sp³-hybridized carbons (Fsp3) is 0.727. The minimum absolute atomic E-state index is 0.389. The van der Waals surface area contributed by atoms with Gasteiger partial charge in [-0.2, -0.15) is 4.98 Å². The molecule has 0 fully saturated rings. The Morgan fingerprint density at radius 2 is 2.06 bits per heavy atom. The molecular weight excluding hydrogens is 222 g/mol. The fourth-order valence-electron chi connectivity index (χ4n) is 1.44. The van der Waals surface area contributed by atoms with E-state index in [1.165, 1.54) is 0 Å². The standard InChI is InChI=1S/C11H21N3O3/c1-15-6-3-4-14(5-7-16-2)11-13-10(8-12)9-17-11/h9H,3-8,12H2,1-2H3. The molecule has 0 spiro atoms. The van der Waals surface area contributed by atoms with Gasteiger partial charge in [-0.25, -0.2) is 0 Å². The van der Waals surface area contributed by atoms with Crippen LogP contribution in [-0.4, -0.2) is 45.5 Å². The predicted octanol–water partition coefficient (Wildman–Crippen LogP) is 0.623. The molecule has 0 saturated heterocycles. The summed E-state index contributed by atoms with van der Waals surface area (Å²) in [7, 11) is 3.37. The number of methoxy groups -OCH3 is 2. The lowest BCUT2D eigenvalue weighted by atomic mass is 10.4. The SMILES string of the molecule is COCCCN(CCOC)c1nc(CN)co1. The Balaban J connectivity index is 2.54. The first-order chi connectivity index (χ1) is 8.31. The van der Waals surface area contributed by atoms with Crippen molar-refractivity contribution >= 4 is 6.01 Å². The highest BCUT2D eigenvalue weighted by molar-refractivity contribution is 5.26. The molecule has 1 aromatic heterocycles. The smallest absolute Gasteiger partial charge is 0.297 e. The van der Waals surface area contributed by atoms with E-state index in [2.05, 4.69) is 4.98 Å². The average molecular weight is 243 g/mol. The van der Waals surface area contributed by atoms with Gasteiger partial charge in [0.15, 0.2) is 0 Å². The number of rotatable bonds is 9. The van der Waals surface area contributed by atoms with Crippen molar-refractivity contribution in [2.24, 2.45) is 5.73 Å². The zero-order valence-electron chi connectivity index (χ0n) is 10.5. The summed E-state index contributed by atoms with van der Waals surface area (Å²) in [6.07, 6.45) is 2.51. The molecule has 6 heteroatoms. The lowest BCUT2D eigenvalue weighted by molar-refractivity contribution is 0.190. The largest absolute Gasteiger partial charge is 0.432 e. The van der Waals surface area contributed by atoms with Gasteiger partial charge < -0.3 is 24.5 Å². The second-order valence-electron chi connectivity index (χ2n) is 3.65. The van der Waals surface area contributed by atoms with Crippen molar-refractivity contribution in [3.63, 3.8) is 0 Å². The average Bonchev–Trinajstić information content (AvgIpc) is 2.82. The number of nitrogens with zero attached hydrogens (tertiary/aromatic N) is 2. The summed E-state index contributed by atoms with van der Waals surface area (Å²) in [5.41, 5.74) is 6.26. The summed E-state index contributed by atoms with van der Waals surface area (Å²) < 4.78 is 15.5. The molecule has 0 aliphatic heterocycles. The van der Waals surface area contributed by atoms with Crippen LogP contribution in [0.3, 0.4) is 0 Å². The molecule has 6 nitrogen and oxygen atoms in total. The molecule has 0 aromatic carbocycles. The second kappa shape index (κ2) is 8.05. The van der Waals surface area contributed by atoms with Gasteiger partial charge in [0.05, 0.1) is 12.3 Å². The highest BCUT2D eigenvalue weighted by atomic mass is 16.5. The summed E-state index contributed by atoms with van der Waals surface area (Å²) in [5.74, 6) is 0. The molecule has 1 rings (SSSR count). The molecule has 0 aliphatic rings. The summed E-state index contributed by atoms with van der Waals surface area (Å²) in [6, 6.07) is 0.596. The Bertz CT molecular complexity index is 304. The monoisotopic (exact) mass is 243 g/mol. The third-order valence-corrected chi connectivity index (χ3v) is 2.36. The topological polar surface area (TPSA) is 73.8 Å². The number of hydrogen-bond acceptors (Lipinski definition) is 6. The minimum Gasteiger partial charge on any atom is -0.432 e. The summed E-state index contributed by atoms with van der Waals surface area (Å²) in [4.78, 5) is 6.33. The number of aromatic nitrogens is 1. The van der Waals surface area contributed by atoms with Crippen LogP contribution >= 0.6 is 0 Å². The van der Waals surface area contributed by atoms with Crippen molar-refractivity contribution in [3.05, 3.63) is 12.0 Å². The minimum atomic E-state index is 0.389. The normalized spacial score (nSPS) is 10.8. The summed E-state index contributed by atoms with van der Waals surface area (Å²) in [6.45, 7) is 3.30. The first-order valence-corrected chi connectivity index (χ1v) is 5.69. The van der Waals surface area contributed by atoms with Crippen LogP contribution in [0.2, 0.25) is 0 Å². The van der Waals surface area contributed by atoms with Gasteiger partial charge in [-0.15, -0.1) is 0 Å². The summed E-state index contributed by atoms with van der Waals surface area (Å²) >= 11 is 0. The molecule has 1 aromatic rings. The molecule has 0 saturated carbocycles. The van der Waals surface area contributed by atoms with Crippen LogP contribution in [0.5, 0.6) is 0 Å². The number of oxazole rings is 1. The molecule has 0 bridgehead atoms. The van der Waals surface area contributed by atoms with Crippen LogP contribution < -0.4 is 10.6 Å². The van der Waals surface area contributed by atoms with Gasteiger partial charge >= 0.3 is 0 Å². The van der Waals surface area contributed by atoms with Crippen molar-refractivity contribution < 1.29 is 13.9 Å². The zero-order chi connectivity index (χ0) is 12.5. The Morgan fingerprint density at radius 1 is 1.29 bits per heavy atom. The van der Waals surface area contributed by atoms with Crippen molar-refractivity contribution in [2.45, 2.75) is 13.0 Å². The lowest BCUT2D eigenvalue weighted by Crippen LogP contribution is -2.29. The number of hydrogen-bond donors (Lipinski definition) is 1. The molecule has 0 atom stereocenters. The van der Waals surface area contributed by atoms with Crippen molar-refractivity contribution in [1.29, 1.82) is 0 Å². The van der Waals surface area contributed by atoms with Gasteiger partial charge in [-0.05, 0) is 6.42 Å². The van der Waals surface area contributed by atoms with E-state index in [1.54, 1.807) is 20.5 Å². The van der Waals surface area contributed by atoms with Gasteiger partial charge in [0.2, 0.25) is 0 Å². The predicted molar refractivity (Wildman–Crippen MR) is 65.0 cm³/mol. The molecule has 0 radical (unpaired) electrons. The Kier molecular flexibility index (Phi) is 6.61. The third kappa shape index (κ3) is 4.72. The highest BCUT2D eigenvalue weighted by Gasteiger charge is 2.12. The van der Waals surface area contributed by atoms with Crippen LogP contribution in [0.25, 0.3) is 0 Å². The van der Waals surface area contributed by atoms with E-state index in [9.17, 15) is 0 Å². The van der Waals surface area contributed by atoms with Crippen LogP contribution in [0.1, 0.15) is 12.1 Å². The molecule has 2 N–H and O–H groups in total. The maximum absolute atomic E-state index is 5.50. The van der Waals surface area contributed by atoms with Crippen LogP contribution in [0.15, 0.2) is 10.7 Å². The zero-order valence-corrected chi connectivity index (χ0v) is 10.5. The number of nitrogens with two attached hydrogens (primary N) is 1. The van der Waals surface area contributed by atoms with Gasteiger partial charge in [0, 0.05) is 40.5 Å². The fourth-order valence-corrected chi connectivity index (χ4v) is 1.44. The van der Waals surface area contributed by atoms with Crippen molar-refractivity contribution in [3.8, 4) is 0 Å². The van der Waals surface area contributed by atoms with Crippen LogP contribution in [0.4, 0.5) is 6.01 Å². The maximum Gasteiger partial charge on any atom is 0.297 e. The highest BCUT2D eigenvalue weighted by Crippen LogP contribution is 2.13. The van der Waals surface area contributed by atoms with E-state index >= 15 is 0 Å². The molecular formula is C11H21N3O3. The molecule has 0 amide bonds. The van der Waals surface area contributed by atoms with Gasteiger partial charge in [0.1, 0.15) is 6.26 Å². The third-order valence-electron chi connectivity index (χ3n) is 2.36. The van der Waals surface area contributed by atoms with E-state index in [0.29, 0.717) is 25.8 Å². The van der Waals surface area contributed by atoms with Gasteiger partial charge in [-0.3, -0.25) is 0 Å². The van der Waals surface area contributed by atoms with E-state index in [0.717, 1.165) is 25.2 Å². The Labute approximate surface area is 102 Å². The first-order valence-electron chi connectivity index (χ1n) is 5.69. The maximum atomic E-state index is 5.50. The number of anilines is 1. The van der Waals surface area contributed by atoms with E-state index < -0.39 is 0 Å². The Morgan fingerprint density at radius 3 is 2.65 bits per heavy atom. The van der Waals surface area contributed by atoms with Gasteiger partial charge in [0.25, 0.3) is 6.01 Å². The molecule has 1 heterocycles. The lowest BCUT2D eigenvalue weighted by Gasteiger charge is -2.19. The molecule has 0 unspecified atom stereocenters. The quantitative estimate of drug-likeness (QED) is 0.641. The van der Waals surface area contributed by atoms with Crippen molar-refractivity contribution in [1.82, 2.24) is 4.98 Å². The number of ether oxygens (including phenoxy) is 2. The summed E-state index contributed by atoms with van der Waals surface area (Å²) in [5, 5.41) is 0. The van der Waals surface area contributed by atoms with E-state index in [-0.39, 0.29) is 0 Å².